The average Bonchev–Trinajstić information content (AvgIpc) is 3.38. The Morgan fingerprint density at radius 3 is 2.67 bits per heavy atom. The molecule has 0 N–H and O–H groups in total. The summed E-state index contributed by atoms with van der Waals surface area (Å²) in [5.41, 5.74) is 2.45. The van der Waals surface area contributed by atoms with Gasteiger partial charge in [-0.1, -0.05) is 36.4 Å². The van der Waals surface area contributed by atoms with Gasteiger partial charge < -0.3 is 14.2 Å². The normalized spacial score (nSPS) is 16.3. The Kier molecular flexibility index (Phi) is 3.88. The van der Waals surface area contributed by atoms with Gasteiger partial charge in [-0.2, -0.15) is 0 Å². The highest BCUT2D eigenvalue weighted by molar-refractivity contribution is 5.92. The first kappa shape index (κ1) is 13.6. The van der Waals surface area contributed by atoms with Crippen molar-refractivity contribution >= 4 is 5.97 Å². The number of hydrogen-bond donors (Lipinski definition) is 0. The van der Waals surface area contributed by atoms with Crippen molar-refractivity contribution in [2.45, 2.75) is 12.7 Å². The van der Waals surface area contributed by atoms with Crippen LogP contribution in [0.5, 0.6) is 5.75 Å². The molecule has 4 nitrogen and oxygen atoms in total. The summed E-state index contributed by atoms with van der Waals surface area (Å²) in [7, 11) is 1.36. The first-order valence-electron chi connectivity index (χ1n) is 6.78. The second kappa shape index (κ2) is 5.97. The van der Waals surface area contributed by atoms with E-state index in [1.54, 1.807) is 12.1 Å². The van der Waals surface area contributed by atoms with Crippen molar-refractivity contribution in [2.24, 2.45) is 0 Å². The Morgan fingerprint density at radius 1 is 1.24 bits per heavy atom. The van der Waals surface area contributed by atoms with Crippen molar-refractivity contribution < 1.29 is 19.0 Å². The van der Waals surface area contributed by atoms with Gasteiger partial charge in [0.15, 0.2) is 0 Å². The van der Waals surface area contributed by atoms with Crippen LogP contribution >= 0.6 is 0 Å². The smallest absolute Gasteiger partial charge is 0.341 e. The van der Waals surface area contributed by atoms with Crippen molar-refractivity contribution in [3.05, 3.63) is 65.2 Å². The largest absolute Gasteiger partial charge is 0.488 e. The summed E-state index contributed by atoms with van der Waals surface area (Å²) in [6.45, 7) is 1.11. The standard InChI is InChI=1S/C17H16O4/c1-19-17(18)14-9-13(16-11-21-16)7-8-15(14)20-10-12-5-3-2-4-6-12/h2-9,16H,10-11H2,1H3. The number of rotatable bonds is 5. The molecule has 1 fully saturated rings. The molecule has 0 saturated carbocycles. The van der Waals surface area contributed by atoms with Crippen molar-refractivity contribution in [3.63, 3.8) is 0 Å². The first-order chi connectivity index (χ1) is 10.3. The lowest BCUT2D eigenvalue weighted by molar-refractivity contribution is 0.0595. The van der Waals surface area contributed by atoms with E-state index in [0.29, 0.717) is 24.5 Å². The molecule has 1 aliphatic rings. The maximum Gasteiger partial charge on any atom is 0.341 e. The predicted octanol–water partition coefficient (Wildman–Crippen LogP) is 3.12. The summed E-state index contributed by atoms with van der Waals surface area (Å²) >= 11 is 0. The Morgan fingerprint density at radius 2 is 2.00 bits per heavy atom. The van der Waals surface area contributed by atoms with Crippen molar-refractivity contribution in [1.82, 2.24) is 0 Å². The Labute approximate surface area is 123 Å². The Balaban J connectivity index is 1.81. The van der Waals surface area contributed by atoms with E-state index >= 15 is 0 Å². The summed E-state index contributed by atoms with van der Waals surface area (Å²) in [4.78, 5) is 11.9. The molecule has 1 heterocycles. The molecule has 21 heavy (non-hydrogen) atoms. The van der Waals surface area contributed by atoms with Gasteiger partial charge in [0, 0.05) is 0 Å². The molecule has 108 valence electrons. The molecular weight excluding hydrogens is 268 g/mol. The van der Waals surface area contributed by atoms with Crippen LogP contribution in [0.4, 0.5) is 0 Å². The van der Waals surface area contributed by atoms with Crippen LogP contribution < -0.4 is 4.74 Å². The van der Waals surface area contributed by atoms with Crippen LogP contribution in [0.3, 0.4) is 0 Å². The Hall–Kier alpha value is -2.33. The molecule has 2 aromatic carbocycles. The van der Waals surface area contributed by atoms with E-state index in [2.05, 4.69) is 0 Å². The highest BCUT2D eigenvalue weighted by atomic mass is 16.6. The zero-order valence-corrected chi connectivity index (χ0v) is 11.7. The number of carbonyl (C=O) groups is 1. The van der Waals surface area contributed by atoms with Crippen molar-refractivity contribution in [3.8, 4) is 5.75 Å². The molecule has 0 radical (unpaired) electrons. The van der Waals surface area contributed by atoms with Gasteiger partial charge in [0.05, 0.1) is 13.7 Å². The number of hydrogen-bond acceptors (Lipinski definition) is 4. The highest BCUT2D eigenvalue weighted by Gasteiger charge is 2.26. The monoisotopic (exact) mass is 284 g/mol. The molecule has 1 atom stereocenters. The van der Waals surface area contributed by atoms with Gasteiger partial charge in [0.2, 0.25) is 0 Å². The van der Waals surface area contributed by atoms with Crippen LogP contribution in [0.15, 0.2) is 48.5 Å². The highest BCUT2D eigenvalue weighted by Crippen LogP contribution is 2.33. The number of epoxide rings is 1. The molecule has 0 bridgehead atoms. The predicted molar refractivity (Wildman–Crippen MR) is 77.2 cm³/mol. The molecule has 4 heteroatoms. The van der Waals surface area contributed by atoms with Gasteiger partial charge >= 0.3 is 5.97 Å². The van der Waals surface area contributed by atoms with Crippen LogP contribution in [0, 0.1) is 0 Å². The zero-order valence-electron chi connectivity index (χ0n) is 11.7. The second-order valence-electron chi connectivity index (χ2n) is 4.84. The number of ether oxygens (including phenoxy) is 3. The molecular formula is C17H16O4. The minimum atomic E-state index is -0.402. The van der Waals surface area contributed by atoms with Crippen molar-refractivity contribution in [2.75, 3.05) is 13.7 Å². The third-order valence-electron chi connectivity index (χ3n) is 3.35. The lowest BCUT2D eigenvalue weighted by atomic mass is 10.1. The fourth-order valence-electron chi connectivity index (χ4n) is 2.12. The number of methoxy groups -OCH3 is 1. The summed E-state index contributed by atoms with van der Waals surface area (Å²) in [6.07, 6.45) is 0.0941. The zero-order chi connectivity index (χ0) is 14.7. The summed E-state index contributed by atoms with van der Waals surface area (Å²) < 4.78 is 15.8. The van der Waals surface area contributed by atoms with Crippen LogP contribution in [0.25, 0.3) is 0 Å². The molecule has 0 aromatic heterocycles. The van der Waals surface area contributed by atoms with Crippen LogP contribution in [0.2, 0.25) is 0 Å². The van der Waals surface area contributed by atoms with E-state index in [0.717, 1.165) is 11.1 Å². The summed E-state index contributed by atoms with van der Waals surface area (Å²) in [6, 6.07) is 15.3. The average molecular weight is 284 g/mol. The lowest BCUT2D eigenvalue weighted by Gasteiger charge is -2.11. The van der Waals surface area contributed by atoms with E-state index in [9.17, 15) is 4.79 Å². The van der Waals surface area contributed by atoms with Crippen molar-refractivity contribution in [1.29, 1.82) is 0 Å². The van der Waals surface area contributed by atoms with Gasteiger partial charge in [-0.3, -0.25) is 0 Å². The molecule has 0 amide bonds. The van der Waals surface area contributed by atoms with Gasteiger partial charge in [-0.05, 0) is 23.3 Å². The minimum absolute atomic E-state index is 0.0941. The lowest BCUT2D eigenvalue weighted by Crippen LogP contribution is -2.06. The fourth-order valence-corrected chi connectivity index (χ4v) is 2.12. The molecule has 0 spiro atoms. The van der Waals surface area contributed by atoms with E-state index in [4.69, 9.17) is 14.2 Å². The molecule has 0 aliphatic carbocycles. The molecule has 2 aromatic rings. The van der Waals surface area contributed by atoms with Gasteiger partial charge in [-0.15, -0.1) is 0 Å². The van der Waals surface area contributed by atoms with Crippen LogP contribution in [-0.2, 0) is 16.1 Å². The number of esters is 1. The number of carbonyl (C=O) groups excluding carboxylic acids is 1. The van der Waals surface area contributed by atoms with Crippen LogP contribution in [-0.4, -0.2) is 19.7 Å². The van der Waals surface area contributed by atoms with E-state index < -0.39 is 5.97 Å². The minimum Gasteiger partial charge on any atom is -0.488 e. The fraction of sp³-hybridized carbons (Fsp3) is 0.235. The maximum absolute atomic E-state index is 11.9. The van der Waals surface area contributed by atoms with E-state index in [1.165, 1.54) is 7.11 Å². The molecule has 1 unspecified atom stereocenters. The molecule has 1 saturated heterocycles. The van der Waals surface area contributed by atoms with Gasteiger partial charge in [0.25, 0.3) is 0 Å². The van der Waals surface area contributed by atoms with Gasteiger partial charge in [0.1, 0.15) is 24.0 Å². The van der Waals surface area contributed by atoms with Gasteiger partial charge in [-0.25, -0.2) is 4.79 Å². The third-order valence-corrected chi connectivity index (χ3v) is 3.35. The summed E-state index contributed by atoms with van der Waals surface area (Å²) in [5.74, 6) is 0.121. The quantitative estimate of drug-likeness (QED) is 0.625. The van der Waals surface area contributed by atoms with E-state index in [-0.39, 0.29) is 6.10 Å². The topological polar surface area (TPSA) is 48.1 Å². The molecule has 1 aliphatic heterocycles. The maximum atomic E-state index is 11.9. The first-order valence-corrected chi connectivity index (χ1v) is 6.78. The second-order valence-corrected chi connectivity index (χ2v) is 4.84. The summed E-state index contributed by atoms with van der Waals surface area (Å²) in [5, 5.41) is 0. The van der Waals surface area contributed by atoms with Crippen LogP contribution in [0.1, 0.15) is 27.6 Å². The van der Waals surface area contributed by atoms with E-state index in [1.807, 2.05) is 36.4 Å². The number of benzene rings is 2. The third kappa shape index (κ3) is 3.23. The Bertz CT molecular complexity index is 632. The SMILES string of the molecule is COC(=O)c1cc(C2CO2)ccc1OCc1ccccc1. The molecule has 3 rings (SSSR count).